The van der Waals surface area contributed by atoms with E-state index in [9.17, 15) is 0 Å². The average molecular weight is 254 g/mol. The first-order valence-corrected chi connectivity index (χ1v) is 6.76. The molecule has 0 bridgehead atoms. The summed E-state index contributed by atoms with van der Waals surface area (Å²) in [6.45, 7) is 2.06. The zero-order valence-corrected chi connectivity index (χ0v) is 11.0. The van der Waals surface area contributed by atoms with Gasteiger partial charge in [0.05, 0.1) is 25.6 Å². The molecule has 1 aromatic rings. The molecule has 1 heterocycles. The standard InChI is InChI=1S/C12H18N2O2S/c1-15-11-7-9(13)10(8-12(11)16-2)14-3-5-17-6-4-14/h7-8H,3-6,13H2,1-2H3. The number of nitrogens with two attached hydrogens (primary N) is 1. The van der Waals surface area contributed by atoms with Gasteiger partial charge in [-0.2, -0.15) is 11.8 Å². The maximum Gasteiger partial charge on any atom is 0.162 e. The van der Waals surface area contributed by atoms with Gasteiger partial charge in [-0.05, 0) is 0 Å². The molecule has 0 aromatic heterocycles. The molecule has 2 rings (SSSR count). The van der Waals surface area contributed by atoms with Crippen molar-refractivity contribution in [3.8, 4) is 11.5 Å². The number of thioether (sulfide) groups is 1. The fourth-order valence-corrected chi connectivity index (χ4v) is 2.87. The van der Waals surface area contributed by atoms with Crippen molar-refractivity contribution in [3.05, 3.63) is 12.1 Å². The number of rotatable bonds is 3. The van der Waals surface area contributed by atoms with Crippen LogP contribution in [-0.2, 0) is 0 Å². The predicted octanol–water partition coefficient (Wildman–Crippen LogP) is 1.84. The summed E-state index contributed by atoms with van der Waals surface area (Å²) in [4.78, 5) is 2.30. The first-order valence-electron chi connectivity index (χ1n) is 5.60. The van der Waals surface area contributed by atoms with Crippen LogP contribution in [0, 0.1) is 0 Å². The molecule has 17 heavy (non-hydrogen) atoms. The molecule has 1 aliphatic rings. The van der Waals surface area contributed by atoms with Crippen molar-refractivity contribution < 1.29 is 9.47 Å². The zero-order chi connectivity index (χ0) is 12.3. The summed E-state index contributed by atoms with van der Waals surface area (Å²) in [6, 6.07) is 3.79. The zero-order valence-electron chi connectivity index (χ0n) is 10.2. The largest absolute Gasteiger partial charge is 0.493 e. The van der Waals surface area contributed by atoms with E-state index in [1.165, 1.54) is 0 Å². The normalized spacial score (nSPS) is 15.8. The quantitative estimate of drug-likeness (QED) is 0.834. The molecule has 94 valence electrons. The van der Waals surface area contributed by atoms with Crippen LogP contribution in [0.2, 0.25) is 0 Å². The molecular weight excluding hydrogens is 236 g/mol. The predicted molar refractivity (Wildman–Crippen MR) is 73.5 cm³/mol. The summed E-state index contributed by atoms with van der Waals surface area (Å²) in [6.07, 6.45) is 0. The first kappa shape index (κ1) is 12.2. The number of nitrogens with zero attached hydrogens (tertiary/aromatic N) is 1. The van der Waals surface area contributed by atoms with Crippen LogP contribution in [0.3, 0.4) is 0 Å². The number of ether oxygens (including phenoxy) is 2. The highest BCUT2D eigenvalue weighted by molar-refractivity contribution is 7.99. The van der Waals surface area contributed by atoms with Crippen molar-refractivity contribution in [2.24, 2.45) is 0 Å². The van der Waals surface area contributed by atoms with Gasteiger partial charge in [0.25, 0.3) is 0 Å². The van der Waals surface area contributed by atoms with Crippen molar-refractivity contribution in [2.45, 2.75) is 0 Å². The highest BCUT2D eigenvalue weighted by atomic mass is 32.2. The van der Waals surface area contributed by atoms with Crippen LogP contribution in [0.1, 0.15) is 0 Å². The number of hydrogen-bond donors (Lipinski definition) is 1. The maximum atomic E-state index is 6.07. The van der Waals surface area contributed by atoms with Gasteiger partial charge in [0, 0.05) is 36.7 Å². The fraction of sp³-hybridized carbons (Fsp3) is 0.500. The Morgan fingerprint density at radius 3 is 2.29 bits per heavy atom. The lowest BCUT2D eigenvalue weighted by atomic mass is 10.2. The van der Waals surface area contributed by atoms with Crippen LogP contribution in [0.15, 0.2) is 12.1 Å². The Hall–Kier alpha value is -1.23. The molecule has 2 N–H and O–H groups in total. The third-order valence-corrected chi connectivity index (χ3v) is 3.83. The molecule has 0 spiro atoms. The molecular formula is C12H18N2O2S. The number of anilines is 2. The minimum Gasteiger partial charge on any atom is -0.493 e. The Morgan fingerprint density at radius 2 is 1.71 bits per heavy atom. The van der Waals surface area contributed by atoms with Crippen LogP contribution in [0.25, 0.3) is 0 Å². The van der Waals surface area contributed by atoms with E-state index in [-0.39, 0.29) is 0 Å². The topological polar surface area (TPSA) is 47.7 Å². The van der Waals surface area contributed by atoms with Crippen molar-refractivity contribution in [2.75, 3.05) is 49.4 Å². The summed E-state index contributed by atoms with van der Waals surface area (Å²) in [5.74, 6) is 3.71. The van der Waals surface area contributed by atoms with Gasteiger partial charge in [-0.3, -0.25) is 0 Å². The fourth-order valence-electron chi connectivity index (χ4n) is 1.96. The molecule has 0 aliphatic carbocycles. The molecule has 0 atom stereocenters. The maximum absolute atomic E-state index is 6.07. The summed E-state index contributed by atoms with van der Waals surface area (Å²) >= 11 is 1.98. The summed E-state index contributed by atoms with van der Waals surface area (Å²) in [5, 5.41) is 0. The Bertz CT molecular complexity index is 392. The molecule has 0 saturated carbocycles. The van der Waals surface area contributed by atoms with Gasteiger partial charge < -0.3 is 20.1 Å². The van der Waals surface area contributed by atoms with Gasteiger partial charge in [-0.1, -0.05) is 0 Å². The second kappa shape index (κ2) is 5.40. The minimum atomic E-state index is 0.681. The van der Waals surface area contributed by atoms with Gasteiger partial charge in [0.15, 0.2) is 11.5 Å². The van der Waals surface area contributed by atoms with Crippen LogP contribution in [0.5, 0.6) is 11.5 Å². The Morgan fingerprint density at radius 1 is 1.12 bits per heavy atom. The molecule has 1 fully saturated rings. The molecule has 1 aliphatic heterocycles. The van der Waals surface area contributed by atoms with E-state index < -0.39 is 0 Å². The first-order chi connectivity index (χ1) is 8.26. The highest BCUT2D eigenvalue weighted by Gasteiger charge is 2.16. The number of methoxy groups -OCH3 is 2. The summed E-state index contributed by atoms with van der Waals surface area (Å²) in [7, 11) is 3.26. The summed E-state index contributed by atoms with van der Waals surface area (Å²) < 4.78 is 10.5. The number of benzene rings is 1. The molecule has 1 saturated heterocycles. The third-order valence-electron chi connectivity index (χ3n) is 2.88. The van der Waals surface area contributed by atoms with Gasteiger partial charge in [0.2, 0.25) is 0 Å². The monoisotopic (exact) mass is 254 g/mol. The molecule has 4 nitrogen and oxygen atoms in total. The van der Waals surface area contributed by atoms with Crippen LogP contribution in [0.4, 0.5) is 11.4 Å². The van der Waals surface area contributed by atoms with Crippen molar-refractivity contribution in [1.82, 2.24) is 0 Å². The number of hydrogen-bond acceptors (Lipinski definition) is 5. The third kappa shape index (κ3) is 2.54. The van der Waals surface area contributed by atoms with E-state index in [1.54, 1.807) is 14.2 Å². The average Bonchev–Trinajstić information content (AvgIpc) is 2.39. The lowest BCUT2D eigenvalue weighted by molar-refractivity contribution is 0.355. The second-order valence-corrected chi connectivity index (χ2v) is 5.09. The SMILES string of the molecule is COc1cc(N)c(N2CCSCC2)cc1OC. The van der Waals surface area contributed by atoms with Gasteiger partial charge in [-0.25, -0.2) is 0 Å². The van der Waals surface area contributed by atoms with Crippen molar-refractivity contribution in [3.63, 3.8) is 0 Å². The molecule has 5 heteroatoms. The van der Waals surface area contributed by atoms with Crippen LogP contribution in [-0.4, -0.2) is 38.8 Å². The smallest absolute Gasteiger partial charge is 0.162 e. The van der Waals surface area contributed by atoms with Gasteiger partial charge >= 0.3 is 0 Å². The Labute approximate surface area is 106 Å². The van der Waals surface area contributed by atoms with Crippen molar-refractivity contribution in [1.29, 1.82) is 0 Å². The summed E-state index contributed by atoms with van der Waals surface area (Å²) in [5.41, 5.74) is 7.86. The van der Waals surface area contributed by atoms with Crippen molar-refractivity contribution >= 4 is 23.1 Å². The van der Waals surface area contributed by atoms with E-state index in [2.05, 4.69) is 4.90 Å². The van der Waals surface area contributed by atoms with E-state index in [1.807, 2.05) is 23.9 Å². The van der Waals surface area contributed by atoms with Gasteiger partial charge in [0.1, 0.15) is 0 Å². The molecule has 0 unspecified atom stereocenters. The van der Waals surface area contributed by atoms with E-state index in [4.69, 9.17) is 15.2 Å². The lowest BCUT2D eigenvalue weighted by Crippen LogP contribution is -2.32. The van der Waals surface area contributed by atoms with E-state index >= 15 is 0 Å². The number of nitrogen functional groups attached to an aromatic ring is 1. The molecule has 0 radical (unpaired) electrons. The molecule has 0 amide bonds. The lowest BCUT2D eigenvalue weighted by Gasteiger charge is -2.30. The van der Waals surface area contributed by atoms with Gasteiger partial charge in [-0.15, -0.1) is 0 Å². The highest BCUT2D eigenvalue weighted by Crippen LogP contribution is 2.37. The molecule has 1 aromatic carbocycles. The van der Waals surface area contributed by atoms with Crippen LogP contribution >= 0.6 is 11.8 Å². The Balaban J connectivity index is 2.32. The second-order valence-electron chi connectivity index (χ2n) is 3.87. The van der Waals surface area contributed by atoms with E-state index in [0.29, 0.717) is 5.75 Å². The minimum absolute atomic E-state index is 0.681. The van der Waals surface area contributed by atoms with E-state index in [0.717, 1.165) is 41.7 Å². The Kier molecular flexibility index (Phi) is 3.89. The van der Waals surface area contributed by atoms with Crippen LogP contribution < -0.4 is 20.1 Å².